The van der Waals surface area contributed by atoms with Crippen molar-refractivity contribution in [3.63, 3.8) is 0 Å². The van der Waals surface area contributed by atoms with E-state index in [4.69, 9.17) is 4.74 Å². The molecular formula is C14H24N2O4. The van der Waals surface area contributed by atoms with Gasteiger partial charge in [-0.1, -0.05) is 6.92 Å². The lowest BCUT2D eigenvalue weighted by Crippen LogP contribution is -2.57. The van der Waals surface area contributed by atoms with Gasteiger partial charge in [0.2, 0.25) is 5.91 Å². The Hall–Kier alpha value is -1.43. The number of amides is 1. The van der Waals surface area contributed by atoms with Gasteiger partial charge in [-0.15, -0.1) is 0 Å². The Kier molecular flexibility index (Phi) is 5.68. The highest BCUT2D eigenvalue weighted by atomic mass is 16.5. The van der Waals surface area contributed by atoms with Crippen molar-refractivity contribution in [1.82, 2.24) is 10.2 Å². The molecular weight excluding hydrogens is 260 g/mol. The minimum Gasteiger partial charge on any atom is -0.465 e. The van der Waals surface area contributed by atoms with Gasteiger partial charge in [-0.25, -0.2) is 0 Å². The predicted molar refractivity (Wildman–Crippen MR) is 74.1 cm³/mol. The van der Waals surface area contributed by atoms with E-state index < -0.39 is 11.4 Å². The third kappa shape index (κ3) is 3.56. The minimum absolute atomic E-state index is 0.0551. The molecule has 0 aromatic carbocycles. The largest absolute Gasteiger partial charge is 0.465 e. The molecule has 114 valence electrons. The average molecular weight is 284 g/mol. The van der Waals surface area contributed by atoms with E-state index in [1.54, 1.807) is 20.8 Å². The van der Waals surface area contributed by atoms with Crippen LogP contribution < -0.4 is 5.32 Å². The quantitative estimate of drug-likeness (QED) is 0.563. The average Bonchev–Trinajstić information content (AvgIpc) is 2.39. The SMILES string of the molecule is CCOC(=O)C(C)(C)C(=O)CN1CCNC(=O)C1CC. The summed E-state index contributed by atoms with van der Waals surface area (Å²) in [6, 6.07) is -0.300. The molecule has 1 atom stereocenters. The Labute approximate surface area is 119 Å². The molecule has 0 aliphatic carbocycles. The Balaban J connectivity index is 2.73. The lowest BCUT2D eigenvalue weighted by molar-refractivity contribution is -0.158. The third-order valence-electron chi connectivity index (χ3n) is 3.66. The molecule has 1 heterocycles. The Morgan fingerprint density at radius 1 is 1.40 bits per heavy atom. The van der Waals surface area contributed by atoms with E-state index in [1.807, 2.05) is 11.8 Å². The summed E-state index contributed by atoms with van der Waals surface area (Å²) in [5.41, 5.74) is -1.18. The summed E-state index contributed by atoms with van der Waals surface area (Å²) in [4.78, 5) is 37.7. The molecule has 6 nitrogen and oxygen atoms in total. The van der Waals surface area contributed by atoms with Gasteiger partial charge in [0.15, 0.2) is 5.78 Å². The van der Waals surface area contributed by atoms with Crippen molar-refractivity contribution in [1.29, 1.82) is 0 Å². The van der Waals surface area contributed by atoms with Crippen molar-refractivity contribution in [3.05, 3.63) is 0 Å². The molecule has 1 aliphatic rings. The van der Waals surface area contributed by atoms with Crippen LogP contribution in [0.2, 0.25) is 0 Å². The fraction of sp³-hybridized carbons (Fsp3) is 0.786. The number of esters is 1. The minimum atomic E-state index is -1.18. The van der Waals surface area contributed by atoms with Gasteiger partial charge in [-0.05, 0) is 27.2 Å². The van der Waals surface area contributed by atoms with Crippen LogP contribution in [0.25, 0.3) is 0 Å². The molecule has 0 bridgehead atoms. The number of piperazine rings is 1. The fourth-order valence-electron chi connectivity index (χ4n) is 2.20. The lowest BCUT2D eigenvalue weighted by Gasteiger charge is -2.35. The summed E-state index contributed by atoms with van der Waals surface area (Å²) in [6.07, 6.45) is 0.638. The maximum Gasteiger partial charge on any atom is 0.319 e. The number of ketones is 1. The highest BCUT2D eigenvalue weighted by Gasteiger charge is 2.40. The zero-order valence-electron chi connectivity index (χ0n) is 12.7. The molecule has 0 aromatic heterocycles. The molecule has 20 heavy (non-hydrogen) atoms. The van der Waals surface area contributed by atoms with Crippen LogP contribution in [0.3, 0.4) is 0 Å². The molecule has 1 saturated heterocycles. The number of Topliss-reactive ketones (excluding diaryl/α,β-unsaturated/α-hetero) is 1. The van der Waals surface area contributed by atoms with E-state index in [-0.39, 0.29) is 30.9 Å². The van der Waals surface area contributed by atoms with Gasteiger partial charge in [0, 0.05) is 13.1 Å². The zero-order chi connectivity index (χ0) is 15.3. The number of carbonyl (C=O) groups excluding carboxylic acids is 3. The first-order chi connectivity index (χ1) is 9.34. The van der Waals surface area contributed by atoms with E-state index >= 15 is 0 Å². The van der Waals surface area contributed by atoms with Crippen LogP contribution in [0.15, 0.2) is 0 Å². The van der Waals surface area contributed by atoms with Crippen LogP contribution in [0.5, 0.6) is 0 Å². The lowest BCUT2D eigenvalue weighted by atomic mass is 9.87. The number of nitrogens with zero attached hydrogens (tertiary/aromatic N) is 1. The second-order valence-electron chi connectivity index (χ2n) is 5.45. The number of hydrogen-bond donors (Lipinski definition) is 1. The normalized spacial score (nSPS) is 20.4. The number of carbonyl (C=O) groups is 3. The first-order valence-electron chi connectivity index (χ1n) is 7.06. The molecule has 0 radical (unpaired) electrons. The van der Waals surface area contributed by atoms with Crippen molar-refractivity contribution in [2.24, 2.45) is 5.41 Å². The summed E-state index contributed by atoms with van der Waals surface area (Å²) in [7, 11) is 0. The number of ether oxygens (including phenoxy) is 1. The van der Waals surface area contributed by atoms with Crippen molar-refractivity contribution >= 4 is 17.7 Å². The van der Waals surface area contributed by atoms with Crippen molar-refractivity contribution in [2.75, 3.05) is 26.2 Å². The molecule has 1 unspecified atom stereocenters. The Bertz CT molecular complexity index is 393. The van der Waals surface area contributed by atoms with Crippen molar-refractivity contribution < 1.29 is 19.1 Å². The first-order valence-corrected chi connectivity index (χ1v) is 7.06. The predicted octanol–water partition coefficient (Wildman–Crippen LogP) is 0.355. The van der Waals surface area contributed by atoms with Crippen molar-refractivity contribution in [2.45, 2.75) is 40.2 Å². The summed E-state index contributed by atoms with van der Waals surface area (Å²) >= 11 is 0. The number of nitrogens with one attached hydrogen (secondary N) is 1. The third-order valence-corrected chi connectivity index (χ3v) is 3.66. The maximum absolute atomic E-state index is 12.3. The second-order valence-corrected chi connectivity index (χ2v) is 5.45. The highest BCUT2D eigenvalue weighted by Crippen LogP contribution is 2.21. The van der Waals surface area contributed by atoms with Gasteiger partial charge in [-0.2, -0.15) is 0 Å². The summed E-state index contributed by atoms with van der Waals surface area (Å²) in [6.45, 7) is 8.25. The molecule has 1 N–H and O–H groups in total. The standard InChI is InChI=1S/C14H24N2O4/c1-5-10-12(18)15-7-8-16(10)9-11(17)14(3,4)13(19)20-6-2/h10H,5-9H2,1-4H3,(H,15,18). The molecule has 1 amide bonds. The van der Waals surface area contributed by atoms with E-state index in [1.165, 1.54) is 0 Å². The molecule has 1 rings (SSSR count). The van der Waals surface area contributed by atoms with Crippen molar-refractivity contribution in [3.8, 4) is 0 Å². The molecule has 0 spiro atoms. The number of hydrogen-bond acceptors (Lipinski definition) is 5. The van der Waals surface area contributed by atoms with Gasteiger partial charge < -0.3 is 10.1 Å². The smallest absolute Gasteiger partial charge is 0.319 e. The van der Waals surface area contributed by atoms with Gasteiger partial charge in [-0.3, -0.25) is 19.3 Å². The van der Waals surface area contributed by atoms with Crippen LogP contribution in [0, 0.1) is 5.41 Å². The van der Waals surface area contributed by atoms with Gasteiger partial charge in [0.05, 0.1) is 19.2 Å². The van der Waals surface area contributed by atoms with Crippen LogP contribution in [0.1, 0.15) is 34.1 Å². The molecule has 1 aliphatic heterocycles. The molecule has 0 aromatic rings. The van der Waals surface area contributed by atoms with Crippen LogP contribution in [-0.2, 0) is 19.1 Å². The van der Waals surface area contributed by atoms with Gasteiger partial charge in [0.1, 0.15) is 5.41 Å². The van der Waals surface area contributed by atoms with E-state index in [9.17, 15) is 14.4 Å². The van der Waals surface area contributed by atoms with E-state index in [0.717, 1.165) is 0 Å². The van der Waals surface area contributed by atoms with Crippen LogP contribution in [-0.4, -0.2) is 54.8 Å². The second kappa shape index (κ2) is 6.83. The molecule has 6 heteroatoms. The number of rotatable bonds is 6. The Morgan fingerprint density at radius 3 is 2.60 bits per heavy atom. The summed E-state index contributed by atoms with van der Waals surface area (Å²) in [5, 5.41) is 2.78. The fourth-order valence-corrected chi connectivity index (χ4v) is 2.20. The zero-order valence-corrected chi connectivity index (χ0v) is 12.7. The monoisotopic (exact) mass is 284 g/mol. The summed E-state index contributed by atoms with van der Waals surface area (Å²) in [5.74, 6) is -0.788. The maximum atomic E-state index is 12.3. The highest BCUT2D eigenvalue weighted by molar-refractivity contribution is 6.04. The van der Waals surface area contributed by atoms with Gasteiger partial charge in [0.25, 0.3) is 0 Å². The van der Waals surface area contributed by atoms with E-state index in [0.29, 0.717) is 19.5 Å². The van der Waals surface area contributed by atoms with E-state index in [2.05, 4.69) is 5.32 Å². The Morgan fingerprint density at radius 2 is 2.05 bits per heavy atom. The molecule has 1 fully saturated rings. The van der Waals surface area contributed by atoms with Crippen LogP contribution >= 0.6 is 0 Å². The summed E-state index contributed by atoms with van der Waals surface area (Å²) < 4.78 is 4.93. The van der Waals surface area contributed by atoms with Crippen LogP contribution in [0.4, 0.5) is 0 Å². The first kappa shape index (κ1) is 16.6. The molecule has 0 saturated carbocycles. The van der Waals surface area contributed by atoms with Gasteiger partial charge >= 0.3 is 5.97 Å². The topological polar surface area (TPSA) is 75.7 Å².